The van der Waals surface area contributed by atoms with Gasteiger partial charge in [-0.15, -0.1) is 11.8 Å². The van der Waals surface area contributed by atoms with E-state index in [0.717, 1.165) is 4.90 Å². The van der Waals surface area contributed by atoms with Gasteiger partial charge in [-0.3, -0.25) is 9.52 Å². The predicted molar refractivity (Wildman–Crippen MR) is 119 cm³/mol. The number of carbonyl (C=O) groups excluding carboxylic acids is 1. The van der Waals surface area contributed by atoms with Crippen molar-refractivity contribution in [2.75, 3.05) is 15.8 Å². The maximum absolute atomic E-state index is 13.0. The van der Waals surface area contributed by atoms with Gasteiger partial charge in [0.05, 0.1) is 4.90 Å². The Morgan fingerprint density at radius 3 is 2.13 bits per heavy atom. The fraction of sp³-hybridized carbons (Fsp3) is 0.0952. The van der Waals surface area contributed by atoms with Crippen LogP contribution in [0.5, 0.6) is 0 Å². The normalized spacial score (nSPS) is 11.1. The molecular weight excluding hydrogens is 447 g/mol. The Morgan fingerprint density at radius 1 is 0.900 bits per heavy atom. The summed E-state index contributed by atoms with van der Waals surface area (Å²) in [6.45, 7) is 0. The summed E-state index contributed by atoms with van der Waals surface area (Å²) in [5, 5.41) is 3.40. The molecule has 156 valence electrons. The smallest absolute Gasteiger partial charge is 0.261 e. The van der Waals surface area contributed by atoms with Gasteiger partial charge in [0.2, 0.25) is 5.91 Å². The second kappa shape index (κ2) is 9.97. The number of rotatable bonds is 8. The molecule has 0 saturated carbocycles. The molecule has 0 aliphatic heterocycles. The summed E-state index contributed by atoms with van der Waals surface area (Å²) >= 11 is 7.39. The van der Waals surface area contributed by atoms with E-state index in [2.05, 4.69) is 10.0 Å². The van der Waals surface area contributed by atoms with Gasteiger partial charge in [0.25, 0.3) is 10.0 Å². The van der Waals surface area contributed by atoms with E-state index in [1.54, 1.807) is 23.9 Å². The number of thioether (sulfide) groups is 1. The lowest BCUT2D eigenvalue weighted by Crippen LogP contribution is -2.14. The quantitative estimate of drug-likeness (QED) is 0.437. The first-order chi connectivity index (χ1) is 14.3. The van der Waals surface area contributed by atoms with E-state index in [1.807, 2.05) is 12.1 Å². The number of nitrogens with one attached hydrogen (secondary N) is 2. The third-order valence-electron chi connectivity index (χ3n) is 3.96. The molecule has 0 fully saturated rings. The van der Waals surface area contributed by atoms with E-state index in [0.29, 0.717) is 22.9 Å². The van der Waals surface area contributed by atoms with E-state index in [9.17, 15) is 17.6 Å². The minimum absolute atomic E-state index is 0.0307. The molecule has 9 heteroatoms. The van der Waals surface area contributed by atoms with Crippen molar-refractivity contribution in [3.8, 4) is 0 Å². The molecule has 0 spiro atoms. The summed E-state index contributed by atoms with van der Waals surface area (Å²) in [6.07, 6.45) is 0.305. The fourth-order valence-electron chi connectivity index (χ4n) is 2.47. The number of benzene rings is 3. The maximum atomic E-state index is 13.0. The highest BCUT2D eigenvalue weighted by Crippen LogP contribution is 2.22. The largest absolute Gasteiger partial charge is 0.326 e. The first-order valence-electron chi connectivity index (χ1n) is 8.88. The lowest BCUT2D eigenvalue weighted by molar-refractivity contribution is -0.115. The number of carbonyl (C=O) groups is 1. The van der Waals surface area contributed by atoms with Gasteiger partial charge in [-0.05, 0) is 72.8 Å². The molecular formula is C21H18ClFN2O3S2. The molecule has 0 unspecified atom stereocenters. The Balaban J connectivity index is 1.52. The Bertz CT molecular complexity index is 1100. The maximum Gasteiger partial charge on any atom is 0.261 e. The average molecular weight is 465 g/mol. The van der Waals surface area contributed by atoms with E-state index < -0.39 is 15.8 Å². The van der Waals surface area contributed by atoms with Crippen LogP contribution < -0.4 is 10.0 Å². The molecule has 3 rings (SSSR count). The van der Waals surface area contributed by atoms with Crippen molar-refractivity contribution < 1.29 is 17.6 Å². The second-order valence-electron chi connectivity index (χ2n) is 6.24. The molecule has 0 radical (unpaired) electrons. The number of anilines is 2. The first kappa shape index (κ1) is 22.1. The van der Waals surface area contributed by atoms with Crippen LogP contribution in [0, 0.1) is 5.82 Å². The van der Waals surface area contributed by atoms with Gasteiger partial charge in [-0.1, -0.05) is 11.6 Å². The standard InChI is InChI=1S/C21H18ClFN2O3S2/c22-15-1-9-19(10-2-15)29-14-13-21(26)24-17-7-11-20(12-8-17)30(27,28)25-18-5-3-16(23)4-6-18/h1-12,25H,13-14H2,(H,24,26). The zero-order valence-corrected chi connectivity index (χ0v) is 18.0. The molecule has 0 saturated heterocycles. The van der Waals surface area contributed by atoms with Crippen molar-refractivity contribution >= 4 is 50.7 Å². The van der Waals surface area contributed by atoms with Crippen LogP contribution in [0.4, 0.5) is 15.8 Å². The van der Waals surface area contributed by atoms with Gasteiger partial charge < -0.3 is 5.32 Å². The molecule has 0 aliphatic rings. The zero-order chi connectivity index (χ0) is 21.6. The highest BCUT2D eigenvalue weighted by molar-refractivity contribution is 7.99. The zero-order valence-electron chi connectivity index (χ0n) is 15.6. The van der Waals surface area contributed by atoms with E-state index in [-0.39, 0.29) is 16.5 Å². The number of halogens is 2. The molecule has 3 aromatic carbocycles. The lowest BCUT2D eigenvalue weighted by Gasteiger charge is -2.09. The first-order valence-corrected chi connectivity index (χ1v) is 11.7. The van der Waals surface area contributed by atoms with Crippen LogP contribution >= 0.6 is 23.4 Å². The Hall–Kier alpha value is -2.55. The SMILES string of the molecule is O=C(CCSc1ccc(Cl)cc1)Nc1ccc(S(=O)(=O)Nc2ccc(F)cc2)cc1. The molecule has 0 heterocycles. The minimum atomic E-state index is -3.82. The highest BCUT2D eigenvalue weighted by Gasteiger charge is 2.14. The Morgan fingerprint density at radius 2 is 1.50 bits per heavy atom. The van der Waals surface area contributed by atoms with Gasteiger partial charge in [0.15, 0.2) is 0 Å². The monoisotopic (exact) mass is 464 g/mol. The fourth-order valence-corrected chi connectivity index (χ4v) is 4.50. The van der Waals surface area contributed by atoms with Gasteiger partial charge >= 0.3 is 0 Å². The third-order valence-corrected chi connectivity index (χ3v) is 6.62. The molecule has 2 N–H and O–H groups in total. The molecule has 1 amide bonds. The topological polar surface area (TPSA) is 75.3 Å². The van der Waals surface area contributed by atoms with E-state index in [4.69, 9.17) is 11.6 Å². The summed E-state index contributed by atoms with van der Waals surface area (Å²) in [6, 6.07) is 18.2. The van der Waals surface area contributed by atoms with Gasteiger partial charge in [0.1, 0.15) is 5.82 Å². The van der Waals surface area contributed by atoms with Crippen molar-refractivity contribution in [3.63, 3.8) is 0 Å². The molecule has 0 aliphatic carbocycles. The third kappa shape index (κ3) is 6.48. The molecule has 0 atom stereocenters. The molecule has 30 heavy (non-hydrogen) atoms. The highest BCUT2D eigenvalue weighted by atomic mass is 35.5. The molecule has 0 aromatic heterocycles. The summed E-state index contributed by atoms with van der Waals surface area (Å²) in [5.41, 5.74) is 0.754. The molecule has 0 bridgehead atoms. The molecule has 3 aromatic rings. The van der Waals surface area contributed by atoms with Gasteiger partial charge in [-0.25, -0.2) is 12.8 Å². The van der Waals surface area contributed by atoms with Crippen molar-refractivity contribution in [1.29, 1.82) is 0 Å². The van der Waals surface area contributed by atoms with Crippen LogP contribution in [0.15, 0.2) is 82.6 Å². The number of amides is 1. The Labute approximate surface area is 183 Å². The van der Waals surface area contributed by atoms with Crippen LogP contribution in [0.2, 0.25) is 5.02 Å². The number of hydrogen-bond donors (Lipinski definition) is 2. The van der Waals surface area contributed by atoms with Gasteiger partial charge in [0, 0.05) is 33.5 Å². The lowest BCUT2D eigenvalue weighted by atomic mass is 10.3. The van der Waals surface area contributed by atoms with Crippen molar-refractivity contribution in [3.05, 3.63) is 83.6 Å². The average Bonchev–Trinajstić information content (AvgIpc) is 2.71. The van der Waals surface area contributed by atoms with Crippen molar-refractivity contribution in [2.45, 2.75) is 16.2 Å². The number of sulfonamides is 1. The summed E-state index contributed by atoms with van der Waals surface area (Å²) in [7, 11) is -3.82. The van der Waals surface area contributed by atoms with E-state index in [1.165, 1.54) is 48.5 Å². The molecule has 5 nitrogen and oxygen atoms in total. The predicted octanol–water partition coefficient (Wildman–Crippen LogP) is 5.40. The van der Waals surface area contributed by atoms with Crippen LogP contribution in [-0.4, -0.2) is 20.1 Å². The second-order valence-corrected chi connectivity index (χ2v) is 9.52. The Kier molecular flexibility index (Phi) is 7.36. The summed E-state index contributed by atoms with van der Waals surface area (Å²) < 4.78 is 40.2. The van der Waals surface area contributed by atoms with Crippen LogP contribution in [-0.2, 0) is 14.8 Å². The van der Waals surface area contributed by atoms with Gasteiger partial charge in [-0.2, -0.15) is 0 Å². The number of hydrogen-bond acceptors (Lipinski definition) is 4. The van der Waals surface area contributed by atoms with Crippen molar-refractivity contribution in [2.24, 2.45) is 0 Å². The minimum Gasteiger partial charge on any atom is -0.326 e. The summed E-state index contributed by atoms with van der Waals surface area (Å²) in [5.74, 6) is -0.0252. The van der Waals surface area contributed by atoms with Crippen molar-refractivity contribution in [1.82, 2.24) is 0 Å². The van der Waals surface area contributed by atoms with Crippen LogP contribution in [0.3, 0.4) is 0 Å². The van der Waals surface area contributed by atoms with Crippen LogP contribution in [0.25, 0.3) is 0 Å². The van der Waals surface area contributed by atoms with Crippen LogP contribution in [0.1, 0.15) is 6.42 Å². The summed E-state index contributed by atoms with van der Waals surface area (Å²) in [4.78, 5) is 13.2. The van der Waals surface area contributed by atoms with E-state index >= 15 is 0 Å².